The second-order valence-corrected chi connectivity index (χ2v) is 6.26. The predicted molar refractivity (Wildman–Crippen MR) is 78.2 cm³/mol. The van der Waals surface area contributed by atoms with Crippen molar-refractivity contribution in [3.8, 4) is 0 Å². The van der Waals surface area contributed by atoms with Gasteiger partial charge in [0.05, 0.1) is 5.02 Å². The zero-order valence-corrected chi connectivity index (χ0v) is 12.8. The molecule has 1 aromatic rings. The van der Waals surface area contributed by atoms with Crippen LogP contribution < -0.4 is 0 Å². The first-order chi connectivity index (χ1) is 9.32. The maximum absolute atomic E-state index is 12.3. The van der Waals surface area contributed by atoms with E-state index in [4.69, 9.17) is 16.7 Å². The fourth-order valence-corrected chi connectivity index (χ4v) is 3.68. The van der Waals surface area contributed by atoms with Crippen LogP contribution in [0.3, 0.4) is 0 Å². The van der Waals surface area contributed by atoms with Gasteiger partial charge >= 0.3 is 5.97 Å². The largest absolute Gasteiger partial charge is 0.478 e. The maximum atomic E-state index is 12.3. The lowest BCUT2D eigenvalue weighted by Gasteiger charge is -2.19. The number of carboxylic acid groups (broad SMARTS) is 1. The van der Waals surface area contributed by atoms with E-state index in [1.165, 1.54) is 28.6 Å². The minimum absolute atomic E-state index is 0.0235. The van der Waals surface area contributed by atoms with Crippen molar-refractivity contribution < 1.29 is 18.3 Å². The van der Waals surface area contributed by atoms with Crippen LogP contribution in [0.15, 0.2) is 29.2 Å². The Morgan fingerprint density at radius 3 is 2.40 bits per heavy atom. The molecule has 0 aliphatic rings. The van der Waals surface area contributed by atoms with Gasteiger partial charge in [-0.15, -0.1) is 0 Å². The number of carbonyl (C=O) groups is 1. The number of benzene rings is 1. The summed E-state index contributed by atoms with van der Waals surface area (Å²) in [5, 5.41) is 8.62. The summed E-state index contributed by atoms with van der Waals surface area (Å²) in [5.41, 5.74) is 0.524. The molecule has 0 heterocycles. The molecular weight excluding hydrogens is 302 g/mol. The second kappa shape index (κ2) is 6.88. The molecule has 0 saturated carbocycles. The van der Waals surface area contributed by atoms with Crippen molar-refractivity contribution >= 4 is 33.7 Å². The smallest absolute Gasteiger partial charge is 0.328 e. The van der Waals surface area contributed by atoms with Gasteiger partial charge in [0, 0.05) is 19.2 Å². The molecule has 0 saturated heterocycles. The summed E-state index contributed by atoms with van der Waals surface area (Å²) in [6.45, 7) is 4.21. The van der Waals surface area contributed by atoms with Gasteiger partial charge in [-0.2, -0.15) is 4.31 Å². The third-order valence-corrected chi connectivity index (χ3v) is 5.23. The first-order valence-corrected chi connectivity index (χ1v) is 7.85. The molecule has 20 heavy (non-hydrogen) atoms. The van der Waals surface area contributed by atoms with Gasteiger partial charge in [-0.25, -0.2) is 13.2 Å². The van der Waals surface area contributed by atoms with Crippen LogP contribution in [0, 0.1) is 0 Å². The van der Waals surface area contributed by atoms with Crippen LogP contribution in [-0.2, 0) is 14.8 Å². The van der Waals surface area contributed by atoms with Crippen LogP contribution in [0.5, 0.6) is 0 Å². The van der Waals surface area contributed by atoms with Crippen molar-refractivity contribution in [2.45, 2.75) is 18.7 Å². The number of carboxylic acids is 1. The van der Waals surface area contributed by atoms with Crippen LogP contribution in [0.4, 0.5) is 0 Å². The summed E-state index contributed by atoms with van der Waals surface area (Å²) in [4.78, 5) is 10.5. The number of halogens is 1. The summed E-state index contributed by atoms with van der Waals surface area (Å²) < 4.78 is 26.0. The predicted octanol–water partition coefficient (Wildman–Crippen LogP) is 2.47. The number of hydrogen-bond donors (Lipinski definition) is 1. The van der Waals surface area contributed by atoms with Crippen molar-refractivity contribution in [3.05, 3.63) is 34.9 Å². The minimum Gasteiger partial charge on any atom is -0.478 e. The van der Waals surface area contributed by atoms with Gasteiger partial charge in [0.2, 0.25) is 10.0 Å². The van der Waals surface area contributed by atoms with Gasteiger partial charge in [0.25, 0.3) is 0 Å². The van der Waals surface area contributed by atoms with Gasteiger partial charge in [0.15, 0.2) is 0 Å². The molecule has 0 spiro atoms. The second-order valence-electron chi connectivity index (χ2n) is 3.95. The Morgan fingerprint density at radius 2 is 1.95 bits per heavy atom. The van der Waals surface area contributed by atoms with Crippen molar-refractivity contribution in [1.82, 2.24) is 4.31 Å². The lowest BCUT2D eigenvalue weighted by molar-refractivity contribution is -0.131. The first kappa shape index (κ1) is 16.7. The summed E-state index contributed by atoms with van der Waals surface area (Å²) >= 11 is 6.00. The standard InChI is InChI=1S/C13H16ClNO4S/c1-3-15(4-2)20(18,19)12-7-5-10(9-11(12)14)6-8-13(16)17/h5-9H,3-4H2,1-2H3,(H,16,17). The third-order valence-electron chi connectivity index (χ3n) is 2.70. The normalized spacial score (nSPS) is 12.2. The highest BCUT2D eigenvalue weighted by atomic mass is 35.5. The Bertz CT molecular complexity index is 621. The van der Waals surface area contributed by atoms with E-state index in [0.29, 0.717) is 18.7 Å². The van der Waals surface area contributed by atoms with Crippen molar-refractivity contribution in [1.29, 1.82) is 0 Å². The molecule has 110 valence electrons. The fourth-order valence-electron chi connectivity index (χ4n) is 1.70. The maximum Gasteiger partial charge on any atom is 0.328 e. The number of nitrogens with zero attached hydrogens (tertiary/aromatic N) is 1. The highest BCUT2D eigenvalue weighted by Crippen LogP contribution is 2.26. The van der Waals surface area contributed by atoms with Crippen LogP contribution >= 0.6 is 11.6 Å². The molecule has 1 rings (SSSR count). The molecule has 5 nitrogen and oxygen atoms in total. The molecule has 0 amide bonds. The summed E-state index contributed by atoms with van der Waals surface area (Å²) in [6, 6.07) is 4.33. The van der Waals surface area contributed by atoms with E-state index in [0.717, 1.165) is 6.08 Å². The molecule has 0 fully saturated rings. The van der Waals surface area contributed by atoms with Gasteiger partial charge in [-0.1, -0.05) is 31.5 Å². The lowest BCUT2D eigenvalue weighted by atomic mass is 10.2. The number of aliphatic carboxylic acids is 1. The van der Waals surface area contributed by atoms with Crippen molar-refractivity contribution in [2.24, 2.45) is 0 Å². The molecule has 0 atom stereocenters. The molecule has 0 bridgehead atoms. The highest BCUT2D eigenvalue weighted by Gasteiger charge is 2.24. The SMILES string of the molecule is CCN(CC)S(=O)(=O)c1ccc(C=CC(=O)O)cc1Cl. The third kappa shape index (κ3) is 3.82. The molecule has 1 aromatic carbocycles. The monoisotopic (exact) mass is 317 g/mol. The number of sulfonamides is 1. The van der Waals surface area contributed by atoms with Gasteiger partial charge in [-0.3, -0.25) is 0 Å². The average molecular weight is 318 g/mol. The highest BCUT2D eigenvalue weighted by molar-refractivity contribution is 7.89. The Morgan fingerprint density at radius 1 is 1.35 bits per heavy atom. The topological polar surface area (TPSA) is 74.7 Å². The van der Waals surface area contributed by atoms with Crippen LogP contribution in [0.25, 0.3) is 6.08 Å². The van der Waals surface area contributed by atoms with Gasteiger partial charge in [0.1, 0.15) is 4.90 Å². The molecule has 0 aliphatic carbocycles. The molecule has 7 heteroatoms. The van der Waals surface area contributed by atoms with Gasteiger partial charge in [-0.05, 0) is 23.8 Å². The van der Waals surface area contributed by atoms with E-state index >= 15 is 0 Å². The van der Waals surface area contributed by atoms with Crippen LogP contribution in [-0.4, -0.2) is 36.9 Å². The van der Waals surface area contributed by atoms with E-state index in [-0.39, 0.29) is 9.92 Å². The van der Waals surface area contributed by atoms with Crippen molar-refractivity contribution in [3.63, 3.8) is 0 Å². The first-order valence-electron chi connectivity index (χ1n) is 6.03. The molecule has 0 unspecified atom stereocenters. The summed E-state index contributed by atoms with van der Waals surface area (Å²) in [7, 11) is -3.62. The van der Waals surface area contributed by atoms with E-state index in [1.54, 1.807) is 13.8 Å². The minimum atomic E-state index is -3.62. The fraction of sp³-hybridized carbons (Fsp3) is 0.308. The zero-order valence-electron chi connectivity index (χ0n) is 11.2. The van der Waals surface area contributed by atoms with Crippen molar-refractivity contribution in [2.75, 3.05) is 13.1 Å². The summed E-state index contributed by atoms with van der Waals surface area (Å²) in [6.07, 6.45) is 2.31. The number of hydrogen-bond acceptors (Lipinski definition) is 3. The van der Waals surface area contributed by atoms with E-state index in [1.807, 2.05) is 0 Å². The Labute approximate surface area is 123 Å². The van der Waals surface area contributed by atoms with E-state index < -0.39 is 16.0 Å². The van der Waals surface area contributed by atoms with E-state index in [9.17, 15) is 13.2 Å². The quantitative estimate of drug-likeness (QED) is 0.818. The van der Waals surface area contributed by atoms with Crippen LogP contribution in [0.1, 0.15) is 19.4 Å². The average Bonchev–Trinajstić information content (AvgIpc) is 2.37. The van der Waals surface area contributed by atoms with Crippen LogP contribution in [0.2, 0.25) is 5.02 Å². The van der Waals surface area contributed by atoms with Gasteiger partial charge < -0.3 is 5.11 Å². The Hall–Kier alpha value is -1.37. The lowest BCUT2D eigenvalue weighted by Crippen LogP contribution is -2.30. The Balaban J connectivity index is 3.20. The molecule has 1 N–H and O–H groups in total. The molecule has 0 radical (unpaired) electrons. The molecule has 0 aromatic heterocycles. The molecular formula is C13H16ClNO4S. The number of rotatable bonds is 6. The zero-order chi connectivity index (χ0) is 15.3. The summed E-state index contributed by atoms with van der Waals surface area (Å²) in [5.74, 6) is -1.08. The van der Waals surface area contributed by atoms with E-state index in [2.05, 4.69) is 0 Å². The molecule has 0 aliphatic heterocycles. The Kier molecular flexibility index (Phi) is 5.74.